The van der Waals surface area contributed by atoms with E-state index >= 15 is 0 Å². The topological polar surface area (TPSA) is 26.8 Å². The summed E-state index contributed by atoms with van der Waals surface area (Å²) < 4.78 is 41.1. The van der Waals surface area contributed by atoms with E-state index in [0.29, 0.717) is 13.1 Å². The fourth-order valence-corrected chi connectivity index (χ4v) is 4.29. The van der Waals surface area contributed by atoms with Crippen molar-refractivity contribution in [2.45, 2.75) is 18.9 Å². The molecular weight excluding hydrogens is 379 g/mol. The van der Waals surface area contributed by atoms with E-state index in [0.717, 1.165) is 56.8 Å². The normalized spacial score (nSPS) is 20.7. The van der Waals surface area contributed by atoms with Gasteiger partial charge < -0.3 is 9.80 Å². The number of piperidine rings is 1. The molecule has 7 heteroatoms. The molecule has 2 aromatic carbocycles. The van der Waals surface area contributed by atoms with Crippen LogP contribution < -0.4 is 4.90 Å². The Morgan fingerprint density at radius 3 is 2.17 bits per heavy atom. The van der Waals surface area contributed by atoms with Crippen molar-refractivity contribution in [1.82, 2.24) is 9.80 Å². The van der Waals surface area contributed by atoms with Gasteiger partial charge in [0.15, 0.2) is 0 Å². The summed E-state index contributed by atoms with van der Waals surface area (Å²) in [6, 6.07) is 10.2. The first kappa shape index (κ1) is 19.8. The molecule has 1 atom stereocenters. The molecule has 2 aromatic rings. The lowest BCUT2D eigenvalue weighted by molar-refractivity contribution is 0.0555. The van der Waals surface area contributed by atoms with Crippen LogP contribution in [0.4, 0.5) is 18.9 Å². The average Bonchev–Trinajstić information content (AvgIpc) is 2.74. The van der Waals surface area contributed by atoms with Gasteiger partial charge in [-0.15, -0.1) is 0 Å². The summed E-state index contributed by atoms with van der Waals surface area (Å²) >= 11 is 0. The van der Waals surface area contributed by atoms with Gasteiger partial charge in [0.1, 0.15) is 23.0 Å². The molecular formula is C22H24F3N3O. The highest BCUT2D eigenvalue weighted by Gasteiger charge is 2.32. The lowest BCUT2D eigenvalue weighted by atomic mass is 10.0. The summed E-state index contributed by atoms with van der Waals surface area (Å²) in [5.74, 6) is -2.45. The van der Waals surface area contributed by atoms with Crippen molar-refractivity contribution in [2.24, 2.45) is 0 Å². The largest absolute Gasteiger partial charge is 0.369 e. The summed E-state index contributed by atoms with van der Waals surface area (Å²) in [5, 5.41) is 0. The van der Waals surface area contributed by atoms with Crippen LogP contribution in [0.1, 0.15) is 23.2 Å². The fraction of sp³-hybridized carbons (Fsp3) is 0.409. The molecule has 154 valence electrons. The molecule has 2 fully saturated rings. The number of amides is 1. The molecule has 4 nitrogen and oxygen atoms in total. The van der Waals surface area contributed by atoms with Crippen molar-refractivity contribution < 1.29 is 18.0 Å². The van der Waals surface area contributed by atoms with E-state index in [1.807, 2.05) is 0 Å². The van der Waals surface area contributed by atoms with Crippen LogP contribution in [-0.4, -0.2) is 61.0 Å². The Labute approximate surface area is 168 Å². The first-order chi connectivity index (χ1) is 14.0. The molecule has 0 radical (unpaired) electrons. The van der Waals surface area contributed by atoms with Gasteiger partial charge in [0.25, 0.3) is 5.91 Å². The van der Waals surface area contributed by atoms with Gasteiger partial charge in [-0.2, -0.15) is 0 Å². The molecule has 0 aromatic heterocycles. The smallest absolute Gasteiger partial charge is 0.259 e. The Morgan fingerprint density at radius 1 is 0.862 bits per heavy atom. The maximum Gasteiger partial charge on any atom is 0.259 e. The third-order valence-corrected chi connectivity index (χ3v) is 5.88. The van der Waals surface area contributed by atoms with Crippen LogP contribution in [0, 0.1) is 17.5 Å². The number of benzene rings is 2. The van der Waals surface area contributed by atoms with Gasteiger partial charge in [0, 0.05) is 51.0 Å². The molecule has 2 heterocycles. The van der Waals surface area contributed by atoms with Crippen molar-refractivity contribution in [3.05, 3.63) is 65.5 Å². The third-order valence-electron chi connectivity index (χ3n) is 5.88. The SMILES string of the molecule is O=C(c1c(F)cccc1F)N1CCCC(N2CCN(c3ccc(F)cc3)CC2)C1. The number of carbonyl (C=O) groups is 1. The van der Waals surface area contributed by atoms with Gasteiger partial charge in [-0.3, -0.25) is 9.69 Å². The van der Waals surface area contributed by atoms with Gasteiger partial charge in [-0.25, -0.2) is 13.2 Å². The summed E-state index contributed by atoms with van der Waals surface area (Å²) in [6.07, 6.45) is 1.77. The van der Waals surface area contributed by atoms with Crippen LogP contribution >= 0.6 is 0 Å². The van der Waals surface area contributed by atoms with Crippen LogP contribution in [0.3, 0.4) is 0 Å². The monoisotopic (exact) mass is 403 g/mol. The molecule has 29 heavy (non-hydrogen) atoms. The van der Waals surface area contributed by atoms with E-state index in [9.17, 15) is 18.0 Å². The van der Waals surface area contributed by atoms with Gasteiger partial charge in [0.2, 0.25) is 0 Å². The minimum atomic E-state index is -0.815. The van der Waals surface area contributed by atoms with Crippen molar-refractivity contribution in [3.8, 4) is 0 Å². The van der Waals surface area contributed by atoms with Crippen molar-refractivity contribution >= 4 is 11.6 Å². The molecule has 2 aliphatic rings. The van der Waals surface area contributed by atoms with E-state index in [1.165, 1.54) is 18.2 Å². The minimum Gasteiger partial charge on any atom is -0.369 e. The number of rotatable bonds is 3. The van der Waals surface area contributed by atoms with Crippen LogP contribution in [0.5, 0.6) is 0 Å². The maximum absolute atomic E-state index is 14.0. The Morgan fingerprint density at radius 2 is 1.52 bits per heavy atom. The number of anilines is 1. The number of nitrogens with zero attached hydrogens (tertiary/aromatic N) is 3. The lowest BCUT2D eigenvalue weighted by Gasteiger charge is -2.44. The Balaban J connectivity index is 1.38. The fourth-order valence-electron chi connectivity index (χ4n) is 4.29. The molecule has 0 saturated carbocycles. The Kier molecular flexibility index (Phi) is 5.76. The lowest BCUT2D eigenvalue weighted by Crippen LogP contribution is -2.56. The minimum absolute atomic E-state index is 0.179. The standard InChI is InChI=1S/C22H24F3N3O/c23-16-6-8-17(9-7-16)26-11-13-27(14-12-26)18-3-2-10-28(15-18)22(29)21-19(24)4-1-5-20(21)25/h1,4-9,18H,2-3,10-15H2. The van der Waals surface area contributed by atoms with E-state index in [2.05, 4.69) is 9.80 Å². The van der Waals surface area contributed by atoms with E-state index in [4.69, 9.17) is 0 Å². The average molecular weight is 403 g/mol. The number of piperazine rings is 1. The first-order valence-corrected chi connectivity index (χ1v) is 10.0. The third kappa shape index (κ3) is 4.24. The number of carbonyl (C=O) groups excluding carboxylic acids is 1. The van der Waals surface area contributed by atoms with Crippen LogP contribution in [0.2, 0.25) is 0 Å². The van der Waals surface area contributed by atoms with Crippen molar-refractivity contribution in [1.29, 1.82) is 0 Å². The number of halogens is 3. The van der Waals surface area contributed by atoms with Gasteiger partial charge in [-0.05, 0) is 49.2 Å². The summed E-state index contributed by atoms with van der Waals surface area (Å²) in [5.41, 5.74) is 0.538. The predicted molar refractivity (Wildman–Crippen MR) is 105 cm³/mol. The second-order valence-electron chi connectivity index (χ2n) is 7.64. The zero-order chi connectivity index (χ0) is 20.4. The van der Waals surface area contributed by atoms with Crippen molar-refractivity contribution in [2.75, 3.05) is 44.2 Å². The summed E-state index contributed by atoms with van der Waals surface area (Å²) in [7, 11) is 0. The molecule has 1 amide bonds. The molecule has 0 bridgehead atoms. The summed E-state index contributed by atoms with van der Waals surface area (Å²) in [6.45, 7) is 4.29. The first-order valence-electron chi connectivity index (χ1n) is 10.0. The zero-order valence-electron chi connectivity index (χ0n) is 16.2. The summed E-state index contributed by atoms with van der Waals surface area (Å²) in [4.78, 5) is 18.9. The highest BCUT2D eigenvalue weighted by molar-refractivity contribution is 5.94. The zero-order valence-corrected chi connectivity index (χ0v) is 16.2. The number of hydrogen-bond acceptors (Lipinski definition) is 3. The molecule has 2 saturated heterocycles. The van der Waals surface area contributed by atoms with E-state index in [1.54, 1.807) is 17.0 Å². The molecule has 0 spiro atoms. The highest BCUT2D eigenvalue weighted by Crippen LogP contribution is 2.23. The van der Waals surface area contributed by atoms with Gasteiger partial charge in [-0.1, -0.05) is 6.07 Å². The van der Waals surface area contributed by atoms with Gasteiger partial charge in [0.05, 0.1) is 0 Å². The van der Waals surface area contributed by atoms with Crippen LogP contribution in [0.25, 0.3) is 0 Å². The van der Waals surface area contributed by atoms with E-state index < -0.39 is 23.1 Å². The van der Waals surface area contributed by atoms with Gasteiger partial charge >= 0.3 is 0 Å². The number of hydrogen-bond donors (Lipinski definition) is 0. The Hall–Kier alpha value is -2.54. The molecule has 0 N–H and O–H groups in total. The van der Waals surface area contributed by atoms with E-state index in [-0.39, 0.29) is 11.9 Å². The molecule has 0 aliphatic carbocycles. The highest BCUT2D eigenvalue weighted by atomic mass is 19.1. The Bertz CT molecular complexity index is 846. The van der Waals surface area contributed by atoms with Crippen molar-refractivity contribution in [3.63, 3.8) is 0 Å². The number of likely N-dealkylation sites (tertiary alicyclic amines) is 1. The predicted octanol–water partition coefficient (Wildman–Crippen LogP) is 3.53. The molecule has 4 rings (SSSR count). The maximum atomic E-state index is 14.0. The molecule has 1 unspecified atom stereocenters. The second-order valence-corrected chi connectivity index (χ2v) is 7.64. The van der Waals surface area contributed by atoms with Crippen LogP contribution in [0.15, 0.2) is 42.5 Å². The second kappa shape index (κ2) is 8.45. The molecule has 2 aliphatic heterocycles. The van der Waals surface area contributed by atoms with Crippen LogP contribution in [-0.2, 0) is 0 Å². The quantitative estimate of drug-likeness (QED) is 0.785.